The Balaban J connectivity index is 2.05. The van der Waals surface area contributed by atoms with Gasteiger partial charge in [-0.1, -0.05) is 18.2 Å². The van der Waals surface area contributed by atoms with Gasteiger partial charge in [-0.25, -0.2) is 13.6 Å². The molecule has 1 aromatic carbocycles. The van der Waals surface area contributed by atoms with E-state index < -0.39 is 36.4 Å². The monoisotopic (exact) mass is 314 g/mol. The van der Waals surface area contributed by atoms with Crippen LogP contribution in [0.25, 0.3) is 0 Å². The van der Waals surface area contributed by atoms with Crippen LogP contribution in [0.3, 0.4) is 0 Å². The van der Waals surface area contributed by atoms with Gasteiger partial charge in [0.1, 0.15) is 0 Å². The Kier molecular flexibility index (Phi) is 4.43. The summed E-state index contributed by atoms with van der Waals surface area (Å²) in [5.74, 6) is -3.73. The highest BCUT2D eigenvalue weighted by molar-refractivity contribution is 5.89. The van der Waals surface area contributed by atoms with Gasteiger partial charge in [0, 0.05) is 0 Å². The van der Waals surface area contributed by atoms with Crippen LogP contribution in [0.15, 0.2) is 30.3 Å². The number of esters is 1. The summed E-state index contributed by atoms with van der Waals surface area (Å²) in [4.78, 5) is 11.7. The van der Waals surface area contributed by atoms with Gasteiger partial charge in [0.2, 0.25) is 0 Å². The van der Waals surface area contributed by atoms with Crippen molar-refractivity contribution in [2.75, 3.05) is 6.61 Å². The zero-order valence-electron chi connectivity index (χ0n) is 11.8. The van der Waals surface area contributed by atoms with E-state index in [1.165, 1.54) is 12.1 Å². The number of aliphatic hydroxyl groups is 1. The Morgan fingerprint density at radius 2 is 2.14 bits per heavy atom. The predicted octanol–water partition coefficient (Wildman–Crippen LogP) is 1.15. The van der Waals surface area contributed by atoms with Gasteiger partial charge in [-0.3, -0.25) is 5.41 Å². The number of nitrogens with one attached hydrogen (secondary N) is 2. The number of hydrogen-bond acceptors (Lipinski definition) is 5. The topological polar surface area (TPSA) is 91.6 Å². The molecule has 22 heavy (non-hydrogen) atoms. The first kappa shape index (κ1) is 16.3. The van der Waals surface area contributed by atoms with E-state index in [1.54, 1.807) is 18.2 Å². The molecule has 1 aliphatic heterocycles. The summed E-state index contributed by atoms with van der Waals surface area (Å²) in [6, 6.07) is 7.84. The van der Waals surface area contributed by atoms with Crippen molar-refractivity contribution in [3.8, 4) is 0 Å². The molecule has 0 amide bonds. The fourth-order valence-corrected chi connectivity index (χ4v) is 2.15. The Bertz CT molecular complexity index is 555. The predicted molar refractivity (Wildman–Crippen MR) is 72.9 cm³/mol. The van der Waals surface area contributed by atoms with Crippen molar-refractivity contribution < 1.29 is 28.2 Å². The van der Waals surface area contributed by atoms with Crippen molar-refractivity contribution in [3.63, 3.8) is 0 Å². The number of benzene rings is 1. The molecule has 8 heteroatoms. The number of hydrogen-bond donors (Lipinski definition) is 3. The molecule has 1 aromatic rings. The van der Waals surface area contributed by atoms with E-state index >= 15 is 0 Å². The molecule has 4 atom stereocenters. The lowest BCUT2D eigenvalue weighted by molar-refractivity contribution is -0.197. The van der Waals surface area contributed by atoms with Crippen molar-refractivity contribution in [1.82, 2.24) is 5.32 Å². The van der Waals surface area contributed by atoms with Crippen LogP contribution < -0.4 is 5.32 Å². The van der Waals surface area contributed by atoms with Gasteiger partial charge >= 0.3 is 5.97 Å². The van der Waals surface area contributed by atoms with Crippen LogP contribution in [0.1, 0.15) is 17.3 Å². The molecule has 0 aromatic heterocycles. The lowest BCUT2D eigenvalue weighted by atomic mass is 9.97. The van der Waals surface area contributed by atoms with E-state index in [4.69, 9.17) is 14.9 Å². The number of carbonyl (C=O) groups is 1. The largest absolute Gasteiger partial charge is 0.456 e. The highest BCUT2D eigenvalue weighted by atomic mass is 19.2. The number of carbonyl (C=O) groups excluding carboxylic acids is 1. The Hall–Kier alpha value is -2.06. The molecule has 0 unspecified atom stereocenters. The van der Waals surface area contributed by atoms with E-state index in [0.29, 0.717) is 6.34 Å². The van der Waals surface area contributed by atoms with Crippen LogP contribution in [-0.4, -0.2) is 47.9 Å². The Morgan fingerprint density at radius 1 is 1.50 bits per heavy atom. The van der Waals surface area contributed by atoms with Crippen molar-refractivity contribution in [3.05, 3.63) is 35.9 Å². The second-order valence-corrected chi connectivity index (χ2v) is 5.09. The molecule has 120 valence electrons. The fraction of sp³-hybridized carbons (Fsp3) is 0.429. The average Bonchev–Trinajstić information content (AvgIpc) is 2.68. The Morgan fingerprint density at radius 3 is 2.73 bits per heavy atom. The molecule has 1 saturated heterocycles. The van der Waals surface area contributed by atoms with E-state index in [2.05, 4.69) is 5.32 Å². The van der Waals surface area contributed by atoms with E-state index in [0.717, 1.165) is 6.92 Å². The number of rotatable bonds is 5. The highest BCUT2D eigenvalue weighted by Gasteiger charge is 2.64. The summed E-state index contributed by atoms with van der Waals surface area (Å²) in [5, 5.41) is 18.8. The number of ether oxygens (including phenoxy) is 2. The molecule has 0 spiro atoms. The van der Waals surface area contributed by atoms with E-state index in [9.17, 15) is 18.7 Å². The normalized spacial score (nSPS) is 34.2. The van der Waals surface area contributed by atoms with Crippen molar-refractivity contribution in [2.45, 2.75) is 30.8 Å². The highest BCUT2D eigenvalue weighted by Crippen LogP contribution is 2.41. The third kappa shape index (κ3) is 2.93. The van der Waals surface area contributed by atoms with Crippen LogP contribution >= 0.6 is 0 Å². The molecule has 0 radical (unpaired) electrons. The average molecular weight is 314 g/mol. The standard InChI is InChI=1S/C14H16F2N2O4/c1-13(15)11(20)14(16,22-12(13)18-8-17)7-21-10(19)9-5-3-2-4-6-9/h2-6,8,11-12,20H,7H2,1H3,(H2,17,18)/t11-,12+,13+,14+/m0/s1. The summed E-state index contributed by atoms with van der Waals surface area (Å²) in [5.41, 5.74) is -2.30. The van der Waals surface area contributed by atoms with Gasteiger partial charge in [-0.05, 0) is 19.1 Å². The van der Waals surface area contributed by atoms with Gasteiger partial charge in [0.15, 0.2) is 24.6 Å². The maximum atomic E-state index is 14.5. The smallest absolute Gasteiger partial charge is 0.338 e. The van der Waals surface area contributed by atoms with Crippen LogP contribution in [0, 0.1) is 5.41 Å². The molecule has 0 aliphatic carbocycles. The van der Waals surface area contributed by atoms with Crippen molar-refractivity contribution >= 4 is 12.3 Å². The quantitative estimate of drug-likeness (QED) is 0.431. The minimum absolute atomic E-state index is 0.191. The first-order valence-corrected chi connectivity index (χ1v) is 6.52. The van der Waals surface area contributed by atoms with E-state index in [-0.39, 0.29) is 5.56 Å². The van der Waals surface area contributed by atoms with E-state index in [1.807, 2.05) is 0 Å². The summed E-state index contributed by atoms with van der Waals surface area (Å²) < 4.78 is 38.4. The molecule has 0 saturated carbocycles. The van der Waals surface area contributed by atoms with Gasteiger partial charge in [-0.2, -0.15) is 0 Å². The third-order valence-electron chi connectivity index (χ3n) is 3.41. The maximum Gasteiger partial charge on any atom is 0.338 e. The molecule has 1 fully saturated rings. The molecule has 3 N–H and O–H groups in total. The van der Waals surface area contributed by atoms with Crippen LogP contribution in [-0.2, 0) is 9.47 Å². The minimum Gasteiger partial charge on any atom is -0.456 e. The van der Waals surface area contributed by atoms with Crippen LogP contribution in [0.2, 0.25) is 0 Å². The number of aliphatic hydroxyl groups excluding tert-OH is 1. The lowest BCUT2D eigenvalue weighted by Gasteiger charge is -2.24. The zero-order valence-corrected chi connectivity index (χ0v) is 11.8. The van der Waals surface area contributed by atoms with Gasteiger partial charge in [0.25, 0.3) is 5.85 Å². The summed E-state index contributed by atoms with van der Waals surface area (Å²) >= 11 is 0. The zero-order chi connectivity index (χ0) is 16.4. The molecule has 0 bridgehead atoms. The summed E-state index contributed by atoms with van der Waals surface area (Å²) in [7, 11) is 0. The van der Waals surface area contributed by atoms with Crippen molar-refractivity contribution in [2.24, 2.45) is 0 Å². The second kappa shape index (κ2) is 5.98. The third-order valence-corrected chi connectivity index (χ3v) is 3.41. The van der Waals surface area contributed by atoms with Crippen LogP contribution in [0.5, 0.6) is 0 Å². The Labute approximate surface area is 125 Å². The molecule has 1 heterocycles. The summed E-state index contributed by atoms with van der Waals surface area (Å²) in [6.45, 7) is -0.0449. The fourth-order valence-electron chi connectivity index (χ4n) is 2.15. The molecule has 1 aliphatic rings. The minimum atomic E-state index is -2.91. The lowest BCUT2D eigenvalue weighted by Crippen LogP contribution is -2.49. The number of alkyl halides is 2. The van der Waals surface area contributed by atoms with Gasteiger partial charge in [0.05, 0.1) is 11.9 Å². The van der Waals surface area contributed by atoms with Gasteiger partial charge in [-0.15, -0.1) is 0 Å². The van der Waals surface area contributed by atoms with Crippen molar-refractivity contribution in [1.29, 1.82) is 5.41 Å². The first-order chi connectivity index (χ1) is 10.3. The number of halogens is 2. The maximum absolute atomic E-state index is 14.5. The first-order valence-electron chi connectivity index (χ1n) is 6.52. The van der Waals surface area contributed by atoms with Crippen LogP contribution in [0.4, 0.5) is 8.78 Å². The molecular weight excluding hydrogens is 298 g/mol. The molecular formula is C14H16F2N2O4. The molecule has 2 rings (SSSR count). The SMILES string of the molecule is C[C@]1(F)[C@H](NC=N)O[C@](F)(COC(=O)c2ccccc2)[C@H]1O. The second-order valence-electron chi connectivity index (χ2n) is 5.09. The molecule has 6 nitrogen and oxygen atoms in total. The summed E-state index contributed by atoms with van der Waals surface area (Å²) in [6.07, 6.45) is -3.13. The van der Waals surface area contributed by atoms with Gasteiger partial charge < -0.3 is 19.9 Å².